The van der Waals surface area contributed by atoms with Gasteiger partial charge >= 0.3 is 12.1 Å². The first-order valence-corrected chi connectivity index (χ1v) is 11.4. The zero-order valence-corrected chi connectivity index (χ0v) is 19.3. The second-order valence-corrected chi connectivity index (χ2v) is 8.74. The average molecular weight is 484 g/mol. The molecule has 2 atom stereocenters. The second kappa shape index (κ2) is 10.7. The largest absolute Gasteiger partial charge is 0.459 e. The topological polar surface area (TPSA) is 55.8 Å². The minimum absolute atomic E-state index is 0.200. The lowest BCUT2D eigenvalue weighted by molar-refractivity contribution is -0.00508. The van der Waals surface area contributed by atoms with Crippen LogP contribution >= 0.6 is 23.2 Å². The first kappa shape index (κ1) is 23.1. The highest BCUT2D eigenvalue weighted by Gasteiger charge is 2.35. The Morgan fingerprint density at radius 2 is 1.55 bits per heavy atom. The molecule has 0 bridgehead atoms. The molecule has 0 radical (unpaired) electrons. The van der Waals surface area contributed by atoms with Crippen molar-refractivity contribution in [3.8, 4) is 0 Å². The number of nitrogens with zero attached hydrogens (tertiary/aromatic N) is 1. The lowest BCUT2D eigenvalue weighted by Crippen LogP contribution is -2.44. The molecular formula is C26H23Cl2NO4. The van der Waals surface area contributed by atoms with Crippen LogP contribution in [0.2, 0.25) is 10.0 Å². The van der Waals surface area contributed by atoms with Crippen LogP contribution in [-0.4, -0.2) is 29.6 Å². The molecule has 4 rings (SSSR count). The summed E-state index contributed by atoms with van der Waals surface area (Å²) in [5, 5.41) is 0.736. The summed E-state index contributed by atoms with van der Waals surface area (Å²) in [6.07, 6.45) is 0.214. The summed E-state index contributed by atoms with van der Waals surface area (Å²) in [5.74, 6) is -0.490. The van der Waals surface area contributed by atoms with Gasteiger partial charge in [0.2, 0.25) is 0 Å². The lowest BCUT2D eigenvalue weighted by Gasteiger charge is -2.38. The number of esters is 1. The molecule has 5 nitrogen and oxygen atoms in total. The fourth-order valence-corrected chi connectivity index (χ4v) is 4.47. The van der Waals surface area contributed by atoms with Crippen LogP contribution in [0.25, 0.3) is 0 Å². The molecule has 0 N–H and O–H groups in total. The number of carbonyl (C=O) groups excluding carboxylic acids is 2. The van der Waals surface area contributed by atoms with E-state index < -0.39 is 5.97 Å². The molecule has 7 heteroatoms. The zero-order chi connectivity index (χ0) is 23.2. The molecule has 1 saturated heterocycles. The monoisotopic (exact) mass is 483 g/mol. The minimum Gasteiger partial charge on any atom is -0.459 e. The van der Waals surface area contributed by atoms with E-state index in [-0.39, 0.29) is 24.8 Å². The Balaban J connectivity index is 1.46. The standard InChI is InChI=1S/C26H23Cl2NO4/c27-21-13-20(14-22(28)15-21)25(30)33-23-11-12-29(24(16-23)19-9-5-2-6-10-19)26(31)32-17-18-7-3-1-4-8-18/h1-10,13-15,23-24H,11-12,16-17H2. The van der Waals surface area contributed by atoms with Crippen molar-refractivity contribution in [2.45, 2.75) is 31.6 Å². The Hall–Kier alpha value is -3.02. The van der Waals surface area contributed by atoms with Gasteiger partial charge in [-0.05, 0) is 29.3 Å². The van der Waals surface area contributed by atoms with Crippen LogP contribution < -0.4 is 0 Å². The van der Waals surface area contributed by atoms with Crippen LogP contribution in [0.4, 0.5) is 4.79 Å². The number of carbonyl (C=O) groups is 2. The molecule has 3 aromatic carbocycles. The highest BCUT2D eigenvalue weighted by atomic mass is 35.5. The van der Waals surface area contributed by atoms with Crippen molar-refractivity contribution in [1.29, 1.82) is 0 Å². The molecule has 0 spiro atoms. The van der Waals surface area contributed by atoms with Gasteiger partial charge in [0, 0.05) is 29.4 Å². The van der Waals surface area contributed by atoms with Crippen molar-refractivity contribution in [3.63, 3.8) is 0 Å². The van der Waals surface area contributed by atoms with Gasteiger partial charge in [0.15, 0.2) is 0 Å². The van der Waals surface area contributed by atoms with E-state index in [1.54, 1.807) is 11.0 Å². The lowest BCUT2D eigenvalue weighted by atomic mass is 9.93. The van der Waals surface area contributed by atoms with E-state index in [2.05, 4.69) is 0 Å². The first-order chi connectivity index (χ1) is 16.0. The minimum atomic E-state index is -0.490. The van der Waals surface area contributed by atoms with E-state index in [0.29, 0.717) is 35.0 Å². The van der Waals surface area contributed by atoms with Gasteiger partial charge < -0.3 is 14.4 Å². The summed E-state index contributed by atoms with van der Waals surface area (Å²) in [5.41, 5.74) is 2.18. The summed E-state index contributed by atoms with van der Waals surface area (Å²) in [6.45, 7) is 0.604. The molecule has 0 aromatic heterocycles. The maximum absolute atomic E-state index is 12.9. The Morgan fingerprint density at radius 1 is 0.909 bits per heavy atom. The quantitative estimate of drug-likeness (QED) is 0.379. The Bertz CT molecular complexity index is 1090. The molecule has 1 heterocycles. The number of rotatable bonds is 5. The van der Waals surface area contributed by atoms with Crippen LogP contribution in [0.5, 0.6) is 0 Å². The zero-order valence-electron chi connectivity index (χ0n) is 17.8. The van der Waals surface area contributed by atoms with Gasteiger partial charge in [-0.2, -0.15) is 0 Å². The summed E-state index contributed by atoms with van der Waals surface area (Å²) in [4.78, 5) is 27.3. The number of likely N-dealkylation sites (tertiary alicyclic amines) is 1. The van der Waals surface area contributed by atoms with Gasteiger partial charge in [-0.1, -0.05) is 83.9 Å². The van der Waals surface area contributed by atoms with Crippen LogP contribution in [0.3, 0.4) is 0 Å². The van der Waals surface area contributed by atoms with Crippen LogP contribution in [0.1, 0.15) is 40.4 Å². The van der Waals surface area contributed by atoms with E-state index in [1.165, 1.54) is 12.1 Å². The van der Waals surface area contributed by atoms with E-state index in [4.69, 9.17) is 32.7 Å². The maximum Gasteiger partial charge on any atom is 0.410 e. The fourth-order valence-electron chi connectivity index (χ4n) is 3.94. The van der Waals surface area contributed by atoms with E-state index >= 15 is 0 Å². The summed E-state index contributed by atoms with van der Waals surface area (Å²) < 4.78 is 11.3. The van der Waals surface area contributed by atoms with Gasteiger partial charge in [0.1, 0.15) is 12.7 Å². The Labute approximate surface area is 202 Å². The second-order valence-electron chi connectivity index (χ2n) is 7.87. The van der Waals surface area contributed by atoms with Crippen molar-refractivity contribution in [1.82, 2.24) is 4.90 Å². The van der Waals surface area contributed by atoms with Crippen molar-refractivity contribution >= 4 is 35.3 Å². The summed E-state index contributed by atoms with van der Waals surface area (Å²) in [6, 6.07) is 23.6. The molecule has 170 valence electrons. The molecule has 1 aliphatic rings. The number of ether oxygens (including phenoxy) is 2. The predicted molar refractivity (Wildman–Crippen MR) is 127 cm³/mol. The Kier molecular flexibility index (Phi) is 7.53. The number of hydrogen-bond donors (Lipinski definition) is 0. The number of amides is 1. The van der Waals surface area contributed by atoms with Gasteiger partial charge in [0.05, 0.1) is 11.6 Å². The number of piperidine rings is 1. The number of hydrogen-bond acceptors (Lipinski definition) is 4. The fraction of sp³-hybridized carbons (Fsp3) is 0.231. The molecule has 2 unspecified atom stereocenters. The first-order valence-electron chi connectivity index (χ1n) is 10.7. The maximum atomic E-state index is 12.9. The average Bonchev–Trinajstić information content (AvgIpc) is 2.83. The Morgan fingerprint density at radius 3 is 2.21 bits per heavy atom. The van der Waals surface area contributed by atoms with Gasteiger partial charge in [-0.25, -0.2) is 9.59 Å². The van der Waals surface area contributed by atoms with Gasteiger partial charge in [-0.3, -0.25) is 0 Å². The predicted octanol–water partition coefficient (Wildman–Crippen LogP) is 6.69. The third-order valence-electron chi connectivity index (χ3n) is 5.55. The molecule has 1 fully saturated rings. The third kappa shape index (κ3) is 6.06. The SMILES string of the molecule is O=C(OC1CCN(C(=O)OCc2ccccc2)C(c2ccccc2)C1)c1cc(Cl)cc(Cl)c1. The third-order valence-corrected chi connectivity index (χ3v) is 5.99. The highest BCUT2D eigenvalue weighted by molar-refractivity contribution is 6.35. The van der Waals surface area contributed by atoms with Crippen LogP contribution in [0, 0.1) is 0 Å². The summed E-state index contributed by atoms with van der Waals surface area (Å²) in [7, 11) is 0. The molecule has 33 heavy (non-hydrogen) atoms. The smallest absolute Gasteiger partial charge is 0.410 e. The van der Waals surface area contributed by atoms with Crippen molar-refractivity contribution < 1.29 is 19.1 Å². The van der Waals surface area contributed by atoms with E-state index in [1.807, 2.05) is 60.7 Å². The summed E-state index contributed by atoms with van der Waals surface area (Å²) >= 11 is 12.0. The molecule has 3 aromatic rings. The van der Waals surface area contributed by atoms with Crippen molar-refractivity contribution in [3.05, 3.63) is 106 Å². The van der Waals surface area contributed by atoms with Crippen LogP contribution in [0.15, 0.2) is 78.9 Å². The van der Waals surface area contributed by atoms with Crippen molar-refractivity contribution in [2.75, 3.05) is 6.54 Å². The molecule has 0 saturated carbocycles. The highest BCUT2D eigenvalue weighted by Crippen LogP contribution is 2.33. The molecule has 1 aliphatic heterocycles. The molecule has 1 amide bonds. The van der Waals surface area contributed by atoms with Gasteiger partial charge in [0.25, 0.3) is 0 Å². The van der Waals surface area contributed by atoms with Crippen LogP contribution in [-0.2, 0) is 16.1 Å². The van der Waals surface area contributed by atoms with Gasteiger partial charge in [-0.15, -0.1) is 0 Å². The van der Waals surface area contributed by atoms with E-state index in [0.717, 1.165) is 11.1 Å². The molecule has 0 aliphatic carbocycles. The normalized spacial score (nSPS) is 17.9. The van der Waals surface area contributed by atoms with E-state index in [9.17, 15) is 9.59 Å². The molecular weight excluding hydrogens is 461 g/mol. The van der Waals surface area contributed by atoms with Crippen molar-refractivity contribution in [2.24, 2.45) is 0 Å². The number of halogens is 2. The number of benzene rings is 3.